The highest BCUT2D eigenvalue weighted by Gasteiger charge is 2.48. The van der Waals surface area contributed by atoms with Crippen LogP contribution in [0.4, 0.5) is 0 Å². The van der Waals surface area contributed by atoms with E-state index < -0.39 is 0 Å². The van der Waals surface area contributed by atoms with Gasteiger partial charge in [-0.05, 0) is 52.4 Å². The lowest BCUT2D eigenvalue weighted by atomic mass is 9.58. The summed E-state index contributed by atoms with van der Waals surface area (Å²) in [4.78, 5) is 16.6. The first-order valence-corrected chi connectivity index (χ1v) is 7.74. The number of carbonyl (C=O) groups excluding carboxylic acids is 1. The first-order valence-electron chi connectivity index (χ1n) is 6.95. The number of nitrogens with two attached hydrogens (primary N) is 1. The molecule has 2 heterocycles. The molecule has 1 saturated carbocycles. The molecule has 0 aromatic carbocycles. The van der Waals surface area contributed by atoms with Gasteiger partial charge in [-0.15, -0.1) is 5.10 Å². The van der Waals surface area contributed by atoms with E-state index in [0.717, 1.165) is 10.9 Å². The largest absolute Gasteiger partial charge is 0.346 e. The molecule has 1 aliphatic carbocycles. The maximum Gasteiger partial charge on any atom is 0.291 e. The summed E-state index contributed by atoms with van der Waals surface area (Å²) < 4.78 is 2.40. The second-order valence-electron chi connectivity index (χ2n) is 6.08. The molecule has 0 aliphatic heterocycles. The van der Waals surface area contributed by atoms with Gasteiger partial charge in [0.05, 0.1) is 4.47 Å². The van der Waals surface area contributed by atoms with Crippen LogP contribution in [0.3, 0.4) is 0 Å². The average molecular weight is 352 g/mol. The summed E-state index contributed by atoms with van der Waals surface area (Å²) >= 11 is 3.40. The normalized spacial score (nSPS) is 23.8. The van der Waals surface area contributed by atoms with Crippen molar-refractivity contribution in [2.75, 3.05) is 6.54 Å². The van der Waals surface area contributed by atoms with E-state index in [1.807, 2.05) is 12.1 Å². The van der Waals surface area contributed by atoms with Crippen LogP contribution in [0.15, 0.2) is 22.8 Å². The Balaban J connectivity index is 1.78. The van der Waals surface area contributed by atoms with Gasteiger partial charge in [-0.25, -0.2) is 9.50 Å². The fraction of sp³-hybridized carbons (Fsp3) is 0.500. The summed E-state index contributed by atoms with van der Waals surface area (Å²) in [6.45, 7) is 4.91. The number of carbonyl (C=O) groups is 1. The Bertz CT molecular complexity index is 696. The molecular weight excluding hydrogens is 334 g/mol. The number of aromatic nitrogens is 3. The van der Waals surface area contributed by atoms with Crippen LogP contribution < -0.4 is 11.1 Å². The second-order valence-corrected chi connectivity index (χ2v) is 6.93. The highest BCUT2D eigenvalue weighted by molar-refractivity contribution is 9.10. The van der Waals surface area contributed by atoms with E-state index in [9.17, 15) is 4.79 Å². The van der Waals surface area contributed by atoms with Gasteiger partial charge in [-0.3, -0.25) is 4.79 Å². The van der Waals surface area contributed by atoms with Gasteiger partial charge in [-0.2, -0.15) is 0 Å². The van der Waals surface area contributed by atoms with Crippen molar-refractivity contribution in [1.82, 2.24) is 19.9 Å². The molecule has 1 fully saturated rings. The number of hydrogen-bond donors (Lipinski definition) is 2. The fourth-order valence-electron chi connectivity index (χ4n) is 2.85. The standard InChI is InChI=1S/C14H18BrN5O/c1-14(2)8(7-16)6-10(14)17-13(21)11-18-12-9(15)4-3-5-20(12)19-11/h3-5,8,10H,6-7,16H2,1-2H3,(H,17,21). The first-order chi connectivity index (χ1) is 9.93. The van der Waals surface area contributed by atoms with Gasteiger partial charge in [0.15, 0.2) is 5.65 Å². The molecular formula is C14H18BrN5O. The van der Waals surface area contributed by atoms with Crippen molar-refractivity contribution in [2.24, 2.45) is 17.1 Å². The van der Waals surface area contributed by atoms with E-state index >= 15 is 0 Å². The van der Waals surface area contributed by atoms with Crippen molar-refractivity contribution in [3.05, 3.63) is 28.6 Å². The van der Waals surface area contributed by atoms with Crippen LogP contribution in [0.5, 0.6) is 0 Å². The van der Waals surface area contributed by atoms with Gasteiger partial charge >= 0.3 is 0 Å². The van der Waals surface area contributed by atoms with Crippen LogP contribution in [0.2, 0.25) is 0 Å². The Morgan fingerprint density at radius 2 is 2.38 bits per heavy atom. The molecule has 0 spiro atoms. The molecule has 3 rings (SSSR count). The topological polar surface area (TPSA) is 85.3 Å². The number of nitrogens with one attached hydrogen (secondary N) is 1. The van der Waals surface area contributed by atoms with Gasteiger partial charge in [0.25, 0.3) is 5.91 Å². The maximum absolute atomic E-state index is 12.3. The Labute approximate surface area is 131 Å². The van der Waals surface area contributed by atoms with E-state index in [4.69, 9.17) is 5.73 Å². The predicted molar refractivity (Wildman–Crippen MR) is 82.9 cm³/mol. The zero-order valence-corrected chi connectivity index (χ0v) is 13.6. The molecule has 2 aromatic heterocycles. The number of amides is 1. The van der Waals surface area contributed by atoms with Crippen LogP contribution in [-0.4, -0.2) is 33.1 Å². The number of hydrogen-bond acceptors (Lipinski definition) is 4. The smallest absolute Gasteiger partial charge is 0.291 e. The molecule has 1 aliphatic rings. The highest BCUT2D eigenvalue weighted by Crippen LogP contribution is 2.45. The summed E-state index contributed by atoms with van der Waals surface area (Å²) in [5, 5.41) is 7.23. The van der Waals surface area contributed by atoms with Crippen molar-refractivity contribution in [3.63, 3.8) is 0 Å². The van der Waals surface area contributed by atoms with Gasteiger partial charge in [0, 0.05) is 12.2 Å². The third-order valence-electron chi connectivity index (χ3n) is 4.58. The molecule has 2 atom stereocenters. The van der Waals surface area contributed by atoms with Gasteiger partial charge in [0.2, 0.25) is 5.82 Å². The van der Waals surface area contributed by atoms with Crippen LogP contribution in [-0.2, 0) is 0 Å². The second kappa shape index (κ2) is 5.06. The number of nitrogens with zero attached hydrogens (tertiary/aromatic N) is 3. The van der Waals surface area contributed by atoms with Crippen molar-refractivity contribution >= 4 is 27.5 Å². The number of pyridine rings is 1. The van der Waals surface area contributed by atoms with Gasteiger partial charge < -0.3 is 11.1 Å². The number of rotatable bonds is 3. The van der Waals surface area contributed by atoms with Crippen LogP contribution in [0.25, 0.3) is 5.65 Å². The molecule has 0 radical (unpaired) electrons. The van der Waals surface area contributed by atoms with Crippen LogP contribution >= 0.6 is 15.9 Å². The van der Waals surface area contributed by atoms with Crippen molar-refractivity contribution in [2.45, 2.75) is 26.3 Å². The monoisotopic (exact) mass is 351 g/mol. The Morgan fingerprint density at radius 1 is 1.62 bits per heavy atom. The molecule has 21 heavy (non-hydrogen) atoms. The van der Waals surface area contributed by atoms with E-state index in [0.29, 0.717) is 18.1 Å². The van der Waals surface area contributed by atoms with E-state index in [2.05, 4.69) is 45.2 Å². The minimum atomic E-state index is -0.237. The van der Waals surface area contributed by atoms with Crippen molar-refractivity contribution in [1.29, 1.82) is 0 Å². The Kier molecular flexibility index (Phi) is 3.49. The fourth-order valence-corrected chi connectivity index (χ4v) is 3.28. The lowest BCUT2D eigenvalue weighted by Gasteiger charge is -2.51. The summed E-state index contributed by atoms with van der Waals surface area (Å²) in [6, 6.07) is 3.83. The molecule has 1 amide bonds. The van der Waals surface area contributed by atoms with E-state index in [1.165, 1.54) is 0 Å². The molecule has 2 aromatic rings. The summed E-state index contributed by atoms with van der Waals surface area (Å²) in [6.07, 6.45) is 2.67. The van der Waals surface area contributed by atoms with Gasteiger partial charge in [-0.1, -0.05) is 13.8 Å². The van der Waals surface area contributed by atoms with Crippen molar-refractivity contribution in [3.8, 4) is 0 Å². The average Bonchev–Trinajstić information content (AvgIpc) is 2.88. The number of halogens is 1. The molecule has 112 valence electrons. The SMILES string of the molecule is CC1(C)C(CN)CC1NC(=O)c1nc2c(Br)cccn2n1. The quantitative estimate of drug-likeness (QED) is 0.879. The molecule has 7 heteroatoms. The predicted octanol–water partition coefficient (Wildman–Crippen LogP) is 1.59. The van der Waals surface area contributed by atoms with Crippen molar-refractivity contribution < 1.29 is 4.79 Å². The minimum Gasteiger partial charge on any atom is -0.346 e. The van der Waals surface area contributed by atoms with Gasteiger partial charge in [0.1, 0.15) is 0 Å². The Morgan fingerprint density at radius 3 is 3.00 bits per heavy atom. The zero-order valence-electron chi connectivity index (χ0n) is 12.0. The van der Waals surface area contributed by atoms with Crippen LogP contribution in [0, 0.1) is 11.3 Å². The summed E-state index contributed by atoms with van der Waals surface area (Å²) in [5.74, 6) is 0.402. The third-order valence-corrected chi connectivity index (χ3v) is 5.20. The lowest BCUT2D eigenvalue weighted by Crippen LogP contribution is -2.60. The number of fused-ring (bicyclic) bond motifs is 1. The highest BCUT2D eigenvalue weighted by atomic mass is 79.9. The minimum absolute atomic E-state index is 0.0180. The van der Waals surface area contributed by atoms with Crippen LogP contribution in [0.1, 0.15) is 30.9 Å². The van der Waals surface area contributed by atoms with E-state index in [1.54, 1.807) is 10.7 Å². The third kappa shape index (κ3) is 2.34. The summed E-state index contributed by atoms with van der Waals surface area (Å²) in [5.41, 5.74) is 6.39. The molecule has 3 N–H and O–H groups in total. The molecule has 2 unspecified atom stereocenters. The Hall–Kier alpha value is -1.47. The lowest BCUT2D eigenvalue weighted by molar-refractivity contribution is 0.0197. The maximum atomic E-state index is 12.3. The van der Waals surface area contributed by atoms with E-state index in [-0.39, 0.29) is 23.2 Å². The molecule has 0 saturated heterocycles. The molecule has 0 bridgehead atoms. The first kappa shape index (κ1) is 14.5. The molecule has 6 nitrogen and oxygen atoms in total. The summed E-state index contributed by atoms with van der Waals surface area (Å²) in [7, 11) is 0. The zero-order chi connectivity index (χ0) is 15.2.